The van der Waals surface area contributed by atoms with E-state index in [0.717, 1.165) is 50.7 Å². The summed E-state index contributed by atoms with van der Waals surface area (Å²) in [7, 11) is 0. The largest absolute Gasteiger partial charge is 0.416 e. The van der Waals surface area contributed by atoms with Crippen molar-refractivity contribution in [3.8, 4) is 11.1 Å². The molecule has 2 aromatic carbocycles. The Kier molecular flexibility index (Phi) is 5.45. The summed E-state index contributed by atoms with van der Waals surface area (Å²) in [5.41, 5.74) is 7.97. The summed E-state index contributed by atoms with van der Waals surface area (Å²) in [4.78, 5) is 2.40. The molecule has 1 saturated heterocycles. The van der Waals surface area contributed by atoms with E-state index in [4.69, 9.17) is 5.73 Å². The van der Waals surface area contributed by atoms with Crippen LogP contribution in [0.3, 0.4) is 0 Å². The zero-order valence-corrected chi connectivity index (χ0v) is 15.8. The smallest absolute Gasteiger partial charge is 0.326 e. The van der Waals surface area contributed by atoms with Gasteiger partial charge >= 0.3 is 6.18 Å². The Morgan fingerprint density at radius 2 is 1.86 bits per heavy atom. The minimum atomic E-state index is -4.32. The normalized spacial score (nSPS) is 25.2. The van der Waals surface area contributed by atoms with E-state index in [9.17, 15) is 13.2 Å². The Hall–Kier alpha value is -1.89. The second kappa shape index (κ2) is 7.85. The van der Waals surface area contributed by atoms with Gasteiger partial charge < -0.3 is 16.0 Å². The first-order valence-electron chi connectivity index (χ1n) is 9.89. The minimum Gasteiger partial charge on any atom is -0.326 e. The summed E-state index contributed by atoms with van der Waals surface area (Å²) >= 11 is 0. The Balaban J connectivity index is 1.31. The fourth-order valence-electron chi connectivity index (χ4n) is 4.06. The third-order valence-electron chi connectivity index (χ3n) is 5.80. The van der Waals surface area contributed by atoms with Crippen molar-refractivity contribution < 1.29 is 13.2 Å². The zero-order valence-electron chi connectivity index (χ0n) is 15.8. The number of benzene rings is 2. The zero-order chi connectivity index (χ0) is 19.7. The summed E-state index contributed by atoms with van der Waals surface area (Å²) in [5, 5.41) is 3.61. The van der Waals surface area contributed by atoms with Crippen LogP contribution in [0.15, 0.2) is 48.5 Å². The highest BCUT2D eigenvalue weighted by Crippen LogP contribution is 2.41. The van der Waals surface area contributed by atoms with Gasteiger partial charge in [0.25, 0.3) is 0 Å². The third-order valence-corrected chi connectivity index (χ3v) is 5.80. The maximum Gasteiger partial charge on any atom is 0.416 e. The van der Waals surface area contributed by atoms with Crippen molar-refractivity contribution in [1.82, 2.24) is 10.2 Å². The standard InChI is InChI=1S/C22H26F3N3/c23-22(24,25)18-3-1-2-17(12-18)15-4-6-16(7-5-15)20-13-21(20)27-9-11-28-10-8-19(26)14-28/h1-7,12,19-21,27H,8-11,13-14,26H2/t19-,20-,21+/m0/s1. The average Bonchev–Trinajstić information content (AvgIpc) is 3.33. The number of nitrogens with zero attached hydrogens (tertiary/aromatic N) is 1. The van der Waals surface area contributed by atoms with E-state index in [1.54, 1.807) is 6.07 Å². The lowest BCUT2D eigenvalue weighted by Gasteiger charge is -2.15. The highest BCUT2D eigenvalue weighted by molar-refractivity contribution is 5.65. The van der Waals surface area contributed by atoms with Crippen LogP contribution in [0.25, 0.3) is 11.1 Å². The lowest BCUT2D eigenvalue weighted by Crippen LogP contribution is -2.33. The maximum absolute atomic E-state index is 12.9. The van der Waals surface area contributed by atoms with Gasteiger partial charge in [0.2, 0.25) is 0 Å². The minimum absolute atomic E-state index is 0.323. The van der Waals surface area contributed by atoms with Gasteiger partial charge in [-0.05, 0) is 48.2 Å². The molecule has 3 N–H and O–H groups in total. The van der Waals surface area contributed by atoms with E-state index in [0.29, 0.717) is 23.6 Å². The molecule has 1 heterocycles. The quantitative estimate of drug-likeness (QED) is 0.789. The number of hydrogen-bond donors (Lipinski definition) is 2. The number of halogens is 3. The van der Waals surface area contributed by atoms with Crippen LogP contribution in [-0.4, -0.2) is 43.2 Å². The predicted molar refractivity (Wildman–Crippen MR) is 105 cm³/mol. The number of alkyl halides is 3. The first-order valence-corrected chi connectivity index (χ1v) is 9.89. The lowest BCUT2D eigenvalue weighted by atomic mass is 10.0. The second-order valence-electron chi connectivity index (χ2n) is 7.95. The molecule has 2 aromatic rings. The number of likely N-dealkylation sites (tertiary alicyclic amines) is 1. The molecule has 28 heavy (non-hydrogen) atoms. The van der Waals surface area contributed by atoms with Crippen LogP contribution in [0.1, 0.15) is 29.9 Å². The van der Waals surface area contributed by atoms with Gasteiger partial charge in [-0.1, -0.05) is 36.4 Å². The summed E-state index contributed by atoms with van der Waals surface area (Å²) in [6.07, 6.45) is -2.12. The van der Waals surface area contributed by atoms with Gasteiger partial charge in [0.1, 0.15) is 0 Å². The fourth-order valence-corrected chi connectivity index (χ4v) is 4.06. The molecule has 0 amide bonds. The van der Waals surface area contributed by atoms with Gasteiger partial charge in [-0.25, -0.2) is 0 Å². The van der Waals surface area contributed by atoms with E-state index in [2.05, 4.69) is 10.2 Å². The Morgan fingerprint density at radius 3 is 2.54 bits per heavy atom. The molecule has 2 fully saturated rings. The first kappa shape index (κ1) is 19.4. The molecular formula is C22H26F3N3. The molecule has 6 heteroatoms. The van der Waals surface area contributed by atoms with E-state index in [1.165, 1.54) is 17.7 Å². The Morgan fingerprint density at radius 1 is 1.07 bits per heavy atom. The van der Waals surface area contributed by atoms with Crippen molar-refractivity contribution in [2.45, 2.75) is 37.0 Å². The summed E-state index contributed by atoms with van der Waals surface area (Å²) in [6.45, 7) is 4.09. The van der Waals surface area contributed by atoms with Crippen LogP contribution in [0.4, 0.5) is 13.2 Å². The van der Waals surface area contributed by atoms with Crippen LogP contribution < -0.4 is 11.1 Å². The second-order valence-corrected chi connectivity index (χ2v) is 7.95. The van der Waals surface area contributed by atoms with Gasteiger partial charge in [0.05, 0.1) is 5.56 Å². The fraction of sp³-hybridized carbons (Fsp3) is 0.455. The van der Waals surface area contributed by atoms with E-state index in [1.807, 2.05) is 24.3 Å². The summed E-state index contributed by atoms with van der Waals surface area (Å²) in [5.74, 6) is 0.497. The van der Waals surface area contributed by atoms with Crippen LogP contribution in [0.2, 0.25) is 0 Å². The van der Waals surface area contributed by atoms with Crippen molar-refractivity contribution in [1.29, 1.82) is 0 Å². The molecule has 3 atom stereocenters. The number of nitrogens with two attached hydrogens (primary N) is 1. The van der Waals surface area contributed by atoms with Crippen molar-refractivity contribution in [3.05, 3.63) is 59.7 Å². The molecule has 0 unspecified atom stereocenters. The van der Waals surface area contributed by atoms with Crippen LogP contribution in [0.5, 0.6) is 0 Å². The van der Waals surface area contributed by atoms with Gasteiger partial charge in [0, 0.05) is 37.6 Å². The van der Waals surface area contributed by atoms with Crippen molar-refractivity contribution in [2.75, 3.05) is 26.2 Å². The predicted octanol–water partition coefficient (Wildman–Crippen LogP) is 3.85. The van der Waals surface area contributed by atoms with Crippen LogP contribution in [-0.2, 0) is 6.18 Å². The molecule has 0 bridgehead atoms. The molecule has 1 aliphatic carbocycles. The van der Waals surface area contributed by atoms with E-state index >= 15 is 0 Å². The Labute approximate surface area is 163 Å². The summed E-state index contributed by atoms with van der Waals surface area (Å²) in [6, 6.07) is 14.2. The molecule has 1 saturated carbocycles. The highest BCUT2D eigenvalue weighted by Gasteiger charge is 2.37. The molecular weight excluding hydrogens is 363 g/mol. The van der Waals surface area contributed by atoms with Gasteiger partial charge in [0.15, 0.2) is 0 Å². The van der Waals surface area contributed by atoms with Gasteiger partial charge in [-0.2, -0.15) is 13.2 Å². The molecule has 4 rings (SSSR count). The van der Waals surface area contributed by atoms with E-state index in [-0.39, 0.29) is 0 Å². The van der Waals surface area contributed by atoms with Crippen molar-refractivity contribution in [2.24, 2.45) is 5.73 Å². The van der Waals surface area contributed by atoms with Crippen molar-refractivity contribution >= 4 is 0 Å². The molecule has 2 aliphatic rings. The molecule has 1 aliphatic heterocycles. The SMILES string of the molecule is N[C@H]1CCN(CCN[C@@H]2C[C@H]2c2ccc(-c3cccc(C(F)(F)F)c3)cc2)C1. The molecule has 3 nitrogen and oxygen atoms in total. The number of hydrogen-bond acceptors (Lipinski definition) is 3. The average molecular weight is 389 g/mol. The Bertz CT molecular complexity index is 803. The molecule has 0 spiro atoms. The van der Waals surface area contributed by atoms with Crippen LogP contribution in [0, 0.1) is 0 Å². The lowest BCUT2D eigenvalue weighted by molar-refractivity contribution is -0.137. The first-order chi connectivity index (χ1) is 13.4. The summed E-state index contributed by atoms with van der Waals surface area (Å²) < 4.78 is 38.7. The topological polar surface area (TPSA) is 41.3 Å². The number of nitrogens with one attached hydrogen (secondary N) is 1. The van der Waals surface area contributed by atoms with Gasteiger partial charge in [-0.15, -0.1) is 0 Å². The van der Waals surface area contributed by atoms with Crippen LogP contribution >= 0.6 is 0 Å². The molecule has 150 valence electrons. The van der Waals surface area contributed by atoms with Crippen molar-refractivity contribution in [3.63, 3.8) is 0 Å². The molecule has 0 radical (unpaired) electrons. The monoisotopic (exact) mass is 389 g/mol. The molecule has 0 aromatic heterocycles. The third kappa shape index (κ3) is 4.57. The maximum atomic E-state index is 12.9. The van der Waals surface area contributed by atoms with E-state index < -0.39 is 11.7 Å². The number of rotatable bonds is 6. The highest BCUT2D eigenvalue weighted by atomic mass is 19.4. The van der Waals surface area contributed by atoms with Gasteiger partial charge in [-0.3, -0.25) is 0 Å².